The number of aromatic amines is 1. The highest BCUT2D eigenvalue weighted by Gasteiger charge is 2.28. The molecule has 1 fully saturated rings. The van der Waals surface area contributed by atoms with Gasteiger partial charge in [0.05, 0.1) is 11.6 Å². The molecule has 1 saturated heterocycles. The number of likely N-dealkylation sites (tertiary alicyclic amines) is 1. The molecule has 4 rings (SSSR count). The first-order chi connectivity index (χ1) is 11.7. The van der Waals surface area contributed by atoms with Gasteiger partial charge in [-0.15, -0.1) is 0 Å². The van der Waals surface area contributed by atoms with Crippen LogP contribution in [0, 0.1) is 0 Å². The number of amides is 1. The van der Waals surface area contributed by atoms with Crippen molar-refractivity contribution in [2.75, 3.05) is 12.3 Å². The van der Waals surface area contributed by atoms with Crippen LogP contribution in [-0.4, -0.2) is 27.5 Å². The summed E-state index contributed by atoms with van der Waals surface area (Å²) in [5.41, 5.74) is 8.59. The Hall–Kier alpha value is -2.82. The molecular weight excluding hydrogens is 300 g/mol. The number of benzene rings is 2. The second-order valence-corrected chi connectivity index (χ2v) is 6.29. The molecule has 0 radical (unpaired) electrons. The first kappa shape index (κ1) is 14.8. The van der Waals surface area contributed by atoms with Crippen molar-refractivity contribution in [1.29, 1.82) is 0 Å². The predicted molar refractivity (Wildman–Crippen MR) is 94.6 cm³/mol. The van der Waals surface area contributed by atoms with Crippen molar-refractivity contribution in [3.8, 4) is 0 Å². The van der Waals surface area contributed by atoms with Crippen LogP contribution in [-0.2, 0) is 0 Å². The van der Waals surface area contributed by atoms with E-state index in [9.17, 15) is 4.79 Å². The maximum Gasteiger partial charge on any atom is 0.254 e. The topological polar surface area (TPSA) is 75.0 Å². The molecule has 1 aromatic heterocycles. The normalized spacial score (nSPS) is 18.0. The molecule has 0 bridgehead atoms. The van der Waals surface area contributed by atoms with Crippen molar-refractivity contribution < 1.29 is 4.79 Å². The average Bonchev–Trinajstić information content (AvgIpc) is 3.02. The Morgan fingerprint density at radius 2 is 2.00 bits per heavy atom. The zero-order chi connectivity index (χ0) is 16.5. The molecule has 5 nitrogen and oxygen atoms in total. The van der Waals surface area contributed by atoms with E-state index in [4.69, 9.17) is 5.73 Å². The molecule has 1 aliphatic rings. The molecule has 1 unspecified atom stereocenters. The van der Waals surface area contributed by atoms with Gasteiger partial charge < -0.3 is 10.6 Å². The Balaban J connectivity index is 1.68. The molecule has 0 saturated carbocycles. The number of fused-ring (bicyclic) bond motifs is 1. The number of hydrogen-bond acceptors (Lipinski definition) is 3. The maximum absolute atomic E-state index is 13.1. The Labute approximate surface area is 140 Å². The van der Waals surface area contributed by atoms with E-state index in [1.165, 1.54) is 5.56 Å². The van der Waals surface area contributed by atoms with Crippen LogP contribution >= 0.6 is 0 Å². The minimum absolute atomic E-state index is 0.0612. The van der Waals surface area contributed by atoms with Crippen LogP contribution in [0.3, 0.4) is 0 Å². The molecular formula is C19H20N4O. The summed E-state index contributed by atoms with van der Waals surface area (Å²) < 4.78 is 0. The first-order valence-corrected chi connectivity index (χ1v) is 8.33. The number of nitrogens with zero attached hydrogens (tertiary/aromatic N) is 2. The molecule has 5 heteroatoms. The highest BCUT2D eigenvalue weighted by atomic mass is 16.2. The number of carbonyl (C=O) groups is 1. The van der Waals surface area contributed by atoms with Crippen LogP contribution in [0.1, 0.15) is 41.2 Å². The Bertz CT molecular complexity index is 871. The zero-order valence-corrected chi connectivity index (χ0v) is 13.4. The van der Waals surface area contributed by atoms with E-state index < -0.39 is 0 Å². The molecule has 2 heterocycles. The minimum Gasteiger partial charge on any atom is -0.382 e. The lowest BCUT2D eigenvalue weighted by atomic mass is 9.94. The summed E-state index contributed by atoms with van der Waals surface area (Å²) in [6, 6.07) is 16.0. The second kappa shape index (κ2) is 6.00. The standard InChI is InChI=1S/C19H20N4O/c20-18-15-12-14(9-10-16(15)21-22-18)19(24)23-11-5-4-8-17(23)13-6-2-1-3-7-13/h1-3,6-7,9-10,12,17H,4-5,8,11H2,(H3,20,21,22). The summed E-state index contributed by atoms with van der Waals surface area (Å²) in [6.07, 6.45) is 3.20. The van der Waals surface area contributed by atoms with Gasteiger partial charge in [0.15, 0.2) is 5.82 Å². The van der Waals surface area contributed by atoms with Gasteiger partial charge in [0.2, 0.25) is 0 Å². The Kier molecular flexibility index (Phi) is 3.69. The van der Waals surface area contributed by atoms with E-state index in [2.05, 4.69) is 22.3 Å². The van der Waals surface area contributed by atoms with Gasteiger partial charge in [-0.2, -0.15) is 5.10 Å². The molecule has 1 atom stereocenters. The quantitative estimate of drug-likeness (QED) is 0.758. The van der Waals surface area contributed by atoms with Gasteiger partial charge in [-0.25, -0.2) is 0 Å². The van der Waals surface area contributed by atoms with Crippen LogP contribution in [0.15, 0.2) is 48.5 Å². The van der Waals surface area contributed by atoms with Gasteiger partial charge in [0.25, 0.3) is 5.91 Å². The van der Waals surface area contributed by atoms with Crippen LogP contribution in [0.4, 0.5) is 5.82 Å². The third-order valence-electron chi connectivity index (χ3n) is 4.79. The van der Waals surface area contributed by atoms with Gasteiger partial charge in [-0.3, -0.25) is 9.89 Å². The number of piperidine rings is 1. The highest BCUT2D eigenvalue weighted by Crippen LogP contribution is 2.32. The van der Waals surface area contributed by atoms with E-state index in [0.717, 1.165) is 36.7 Å². The fraction of sp³-hybridized carbons (Fsp3) is 0.263. The van der Waals surface area contributed by atoms with E-state index in [1.54, 1.807) is 0 Å². The fourth-order valence-electron chi connectivity index (χ4n) is 3.53. The molecule has 1 aliphatic heterocycles. The van der Waals surface area contributed by atoms with Crippen molar-refractivity contribution in [1.82, 2.24) is 15.1 Å². The predicted octanol–water partition coefficient (Wildman–Crippen LogP) is 3.51. The van der Waals surface area contributed by atoms with Gasteiger partial charge in [0, 0.05) is 17.5 Å². The molecule has 2 aromatic carbocycles. The van der Waals surface area contributed by atoms with Crippen LogP contribution in [0.25, 0.3) is 10.9 Å². The van der Waals surface area contributed by atoms with Crippen LogP contribution < -0.4 is 5.73 Å². The van der Waals surface area contributed by atoms with Gasteiger partial charge >= 0.3 is 0 Å². The molecule has 1 amide bonds. The largest absolute Gasteiger partial charge is 0.382 e. The number of nitrogens with one attached hydrogen (secondary N) is 1. The van der Waals surface area contributed by atoms with Crippen molar-refractivity contribution in [3.05, 3.63) is 59.7 Å². The van der Waals surface area contributed by atoms with E-state index >= 15 is 0 Å². The van der Waals surface area contributed by atoms with Crippen molar-refractivity contribution >= 4 is 22.6 Å². The lowest BCUT2D eigenvalue weighted by molar-refractivity contribution is 0.0612. The Morgan fingerprint density at radius 1 is 1.17 bits per heavy atom. The van der Waals surface area contributed by atoms with Gasteiger partial charge in [-0.1, -0.05) is 30.3 Å². The number of nitrogen functional groups attached to an aromatic ring is 1. The summed E-state index contributed by atoms with van der Waals surface area (Å²) in [5.74, 6) is 0.490. The highest BCUT2D eigenvalue weighted by molar-refractivity contribution is 6.00. The number of carbonyl (C=O) groups excluding carboxylic acids is 1. The fourth-order valence-corrected chi connectivity index (χ4v) is 3.53. The number of nitrogens with two attached hydrogens (primary N) is 1. The Morgan fingerprint density at radius 3 is 2.83 bits per heavy atom. The lowest BCUT2D eigenvalue weighted by Crippen LogP contribution is -2.38. The number of anilines is 1. The summed E-state index contributed by atoms with van der Waals surface area (Å²) >= 11 is 0. The third-order valence-corrected chi connectivity index (χ3v) is 4.79. The third kappa shape index (κ3) is 2.52. The van der Waals surface area contributed by atoms with Gasteiger partial charge in [0.1, 0.15) is 0 Å². The lowest BCUT2D eigenvalue weighted by Gasteiger charge is -2.36. The number of rotatable bonds is 2. The molecule has 0 aliphatic carbocycles. The van der Waals surface area contributed by atoms with Gasteiger partial charge in [-0.05, 0) is 43.0 Å². The van der Waals surface area contributed by atoms with Crippen LogP contribution in [0.5, 0.6) is 0 Å². The smallest absolute Gasteiger partial charge is 0.254 e. The summed E-state index contributed by atoms with van der Waals surface area (Å²) in [5, 5.41) is 7.67. The number of H-pyrrole nitrogens is 1. The van der Waals surface area contributed by atoms with E-state index in [0.29, 0.717) is 11.4 Å². The summed E-state index contributed by atoms with van der Waals surface area (Å²) in [4.78, 5) is 15.1. The molecule has 122 valence electrons. The monoisotopic (exact) mass is 320 g/mol. The molecule has 0 spiro atoms. The zero-order valence-electron chi connectivity index (χ0n) is 13.4. The molecule has 3 N–H and O–H groups in total. The summed E-state index contributed by atoms with van der Waals surface area (Å²) in [6.45, 7) is 0.789. The molecule has 24 heavy (non-hydrogen) atoms. The maximum atomic E-state index is 13.1. The SMILES string of the molecule is Nc1n[nH]c2ccc(C(=O)N3CCCCC3c3ccccc3)cc12. The summed E-state index contributed by atoms with van der Waals surface area (Å²) in [7, 11) is 0. The van der Waals surface area contributed by atoms with E-state index in [1.807, 2.05) is 41.3 Å². The van der Waals surface area contributed by atoms with Crippen LogP contribution in [0.2, 0.25) is 0 Å². The van der Waals surface area contributed by atoms with Crippen molar-refractivity contribution in [2.24, 2.45) is 0 Å². The van der Waals surface area contributed by atoms with Crippen molar-refractivity contribution in [2.45, 2.75) is 25.3 Å². The molecule has 3 aromatic rings. The van der Waals surface area contributed by atoms with E-state index in [-0.39, 0.29) is 11.9 Å². The average molecular weight is 320 g/mol. The number of aromatic nitrogens is 2. The second-order valence-electron chi connectivity index (χ2n) is 6.29. The minimum atomic E-state index is 0.0612. The number of hydrogen-bond donors (Lipinski definition) is 2. The van der Waals surface area contributed by atoms with Crippen molar-refractivity contribution in [3.63, 3.8) is 0 Å². The first-order valence-electron chi connectivity index (χ1n) is 8.33.